The average molecular weight is 234 g/mol. The van der Waals surface area contributed by atoms with Crippen molar-refractivity contribution in [3.05, 3.63) is 48.0 Å². The molecule has 0 saturated carbocycles. The summed E-state index contributed by atoms with van der Waals surface area (Å²) in [6, 6.07) is 6.84. The van der Waals surface area contributed by atoms with Crippen molar-refractivity contribution in [3.63, 3.8) is 0 Å². The second kappa shape index (κ2) is 6.83. The van der Waals surface area contributed by atoms with E-state index in [9.17, 15) is 4.79 Å². The van der Waals surface area contributed by atoms with Gasteiger partial charge in [-0.15, -0.1) is 6.58 Å². The van der Waals surface area contributed by atoms with E-state index in [1.54, 1.807) is 6.08 Å². The molecule has 1 atom stereocenters. The topological polar surface area (TPSA) is 75.4 Å². The lowest BCUT2D eigenvalue weighted by Gasteiger charge is -2.10. The first-order valence-corrected chi connectivity index (χ1v) is 5.50. The molecule has 17 heavy (non-hydrogen) atoms. The first kappa shape index (κ1) is 13.4. The molecule has 0 spiro atoms. The molecule has 1 rings (SSSR count). The number of benzene rings is 1. The fraction of sp³-hybridized carbons (Fsp3) is 0.308. The van der Waals surface area contributed by atoms with Gasteiger partial charge in [0, 0.05) is 6.54 Å². The molecule has 1 amide bonds. The van der Waals surface area contributed by atoms with Crippen molar-refractivity contribution in [1.29, 1.82) is 0 Å². The number of hydrogen-bond acceptors (Lipinski definition) is 3. The molecule has 0 heterocycles. The fourth-order valence-electron chi connectivity index (χ4n) is 1.37. The van der Waals surface area contributed by atoms with E-state index in [0.29, 0.717) is 13.0 Å². The van der Waals surface area contributed by atoms with Gasteiger partial charge in [0.25, 0.3) is 0 Å². The van der Waals surface area contributed by atoms with Crippen molar-refractivity contribution < 1.29 is 9.90 Å². The van der Waals surface area contributed by atoms with Gasteiger partial charge in [-0.05, 0) is 17.5 Å². The van der Waals surface area contributed by atoms with Crippen LogP contribution in [0.15, 0.2) is 36.9 Å². The summed E-state index contributed by atoms with van der Waals surface area (Å²) in [7, 11) is 0. The molecular formula is C13H18N2O2. The standard InChI is InChI=1S/C13H18N2O2/c1-2-3-12(14)13(17)15-8-10-4-6-11(9-16)7-5-10/h2,4-7,12,16H,1,3,8-9,14H2,(H,15,17). The molecule has 0 aliphatic heterocycles. The predicted molar refractivity (Wildman–Crippen MR) is 67.0 cm³/mol. The van der Waals surface area contributed by atoms with Gasteiger partial charge in [0.15, 0.2) is 0 Å². The Labute approximate surface area is 101 Å². The summed E-state index contributed by atoms with van der Waals surface area (Å²) in [6.45, 7) is 4.00. The molecule has 1 aromatic carbocycles. The van der Waals surface area contributed by atoms with Crippen LogP contribution in [-0.4, -0.2) is 17.1 Å². The summed E-state index contributed by atoms with van der Waals surface area (Å²) in [4.78, 5) is 11.5. The SMILES string of the molecule is C=CCC(N)C(=O)NCc1ccc(CO)cc1. The van der Waals surface area contributed by atoms with Crippen molar-refractivity contribution in [2.45, 2.75) is 25.6 Å². The Balaban J connectivity index is 2.44. The molecule has 0 saturated heterocycles. The summed E-state index contributed by atoms with van der Waals surface area (Å²) in [5.41, 5.74) is 7.45. The van der Waals surface area contributed by atoms with Crippen molar-refractivity contribution in [2.24, 2.45) is 5.73 Å². The number of rotatable bonds is 6. The highest BCUT2D eigenvalue weighted by atomic mass is 16.3. The molecular weight excluding hydrogens is 216 g/mol. The quantitative estimate of drug-likeness (QED) is 0.634. The zero-order chi connectivity index (χ0) is 12.7. The molecule has 0 fully saturated rings. The number of aliphatic hydroxyl groups excluding tert-OH is 1. The molecule has 0 radical (unpaired) electrons. The Hall–Kier alpha value is -1.65. The van der Waals surface area contributed by atoms with E-state index in [1.807, 2.05) is 24.3 Å². The Kier molecular flexibility index (Phi) is 5.39. The minimum atomic E-state index is -0.538. The van der Waals surface area contributed by atoms with Crippen LogP contribution in [-0.2, 0) is 17.9 Å². The lowest BCUT2D eigenvalue weighted by molar-refractivity contribution is -0.122. The smallest absolute Gasteiger partial charge is 0.237 e. The molecule has 0 aromatic heterocycles. The third kappa shape index (κ3) is 4.38. The molecule has 1 unspecified atom stereocenters. The van der Waals surface area contributed by atoms with Crippen LogP contribution in [0.3, 0.4) is 0 Å². The molecule has 4 heteroatoms. The summed E-state index contributed by atoms with van der Waals surface area (Å²) in [6.07, 6.45) is 2.09. The summed E-state index contributed by atoms with van der Waals surface area (Å²) >= 11 is 0. The zero-order valence-corrected chi connectivity index (χ0v) is 9.73. The average Bonchev–Trinajstić information content (AvgIpc) is 2.36. The lowest BCUT2D eigenvalue weighted by atomic mass is 10.1. The highest BCUT2D eigenvalue weighted by Gasteiger charge is 2.10. The number of aliphatic hydroxyl groups is 1. The van der Waals surface area contributed by atoms with Crippen LogP contribution in [0.25, 0.3) is 0 Å². The minimum Gasteiger partial charge on any atom is -0.392 e. The summed E-state index contributed by atoms with van der Waals surface area (Å²) in [5, 5.41) is 11.6. The molecule has 0 aliphatic rings. The second-order valence-electron chi connectivity index (χ2n) is 3.82. The molecule has 0 bridgehead atoms. The lowest BCUT2D eigenvalue weighted by Crippen LogP contribution is -2.39. The highest BCUT2D eigenvalue weighted by Crippen LogP contribution is 2.04. The van der Waals surface area contributed by atoms with Crippen molar-refractivity contribution in [3.8, 4) is 0 Å². The van der Waals surface area contributed by atoms with Crippen molar-refractivity contribution in [2.75, 3.05) is 0 Å². The summed E-state index contributed by atoms with van der Waals surface area (Å²) < 4.78 is 0. The van der Waals surface area contributed by atoms with Crippen LogP contribution in [0.2, 0.25) is 0 Å². The van der Waals surface area contributed by atoms with E-state index >= 15 is 0 Å². The van der Waals surface area contributed by atoms with Gasteiger partial charge in [-0.25, -0.2) is 0 Å². The zero-order valence-electron chi connectivity index (χ0n) is 9.73. The Morgan fingerprint density at radius 2 is 2.00 bits per heavy atom. The van der Waals surface area contributed by atoms with Crippen molar-refractivity contribution >= 4 is 5.91 Å². The van der Waals surface area contributed by atoms with E-state index in [4.69, 9.17) is 10.8 Å². The van der Waals surface area contributed by atoms with Gasteiger partial charge in [-0.3, -0.25) is 4.79 Å². The number of amides is 1. The Morgan fingerprint density at radius 3 is 2.53 bits per heavy atom. The van der Waals surface area contributed by atoms with Gasteiger partial charge in [0.05, 0.1) is 12.6 Å². The number of nitrogens with two attached hydrogens (primary N) is 1. The predicted octanol–water partition coefficient (Wildman–Crippen LogP) is 0.698. The number of hydrogen-bond donors (Lipinski definition) is 3. The molecule has 4 nitrogen and oxygen atoms in total. The number of carbonyl (C=O) groups is 1. The number of carbonyl (C=O) groups excluding carboxylic acids is 1. The van der Waals surface area contributed by atoms with Crippen LogP contribution >= 0.6 is 0 Å². The Morgan fingerprint density at radius 1 is 1.41 bits per heavy atom. The van der Waals surface area contributed by atoms with Crippen LogP contribution < -0.4 is 11.1 Å². The van der Waals surface area contributed by atoms with Crippen LogP contribution in [0.5, 0.6) is 0 Å². The first-order chi connectivity index (χ1) is 8.17. The normalized spacial score (nSPS) is 11.9. The largest absolute Gasteiger partial charge is 0.392 e. The minimum absolute atomic E-state index is 0.0247. The van der Waals surface area contributed by atoms with Gasteiger partial charge >= 0.3 is 0 Å². The van der Waals surface area contributed by atoms with Gasteiger partial charge in [-0.1, -0.05) is 30.3 Å². The fourth-order valence-corrected chi connectivity index (χ4v) is 1.37. The van der Waals surface area contributed by atoms with E-state index in [-0.39, 0.29) is 12.5 Å². The van der Waals surface area contributed by atoms with Crippen molar-refractivity contribution in [1.82, 2.24) is 5.32 Å². The third-order valence-electron chi connectivity index (χ3n) is 2.43. The molecule has 0 aliphatic carbocycles. The van der Waals surface area contributed by atoms with E-state index < -0.39 is 6.04 Å². The third-order valence-corrected chi connectivity index (χ3v) is 2.43. The highest BCUT2D eigenvalue weighted by molar-refractivity contribution is 5.81. The van der Waals surface area contributed by atoms with Crippen LogP contribution in [0.4, 0.5) is 0 Å². The maximum absolute atomic E-state index is 11.5. The van der Waals surface area contributed by atoms with Crippen LogP contribution in [0, 0.1) is 0 Å². The maximum atomic E-state index is 11.5. The molecule has 92 valence electrons. The monoisotopic (exact) mass is 234 g/mol. The number of nitrogens with one attached hydrogen (secondary N) is 1. The molecule has 1 aromatic rings. The van der Waals surface area contributed by atoms with E-state index in [2.05, 4.69) is 11.9 Å². The van der Waals surface area contributed by atoms with Gasteiger partial charge in [0.1, 0.15) is 0 Å². The second-order valence-corrected chi connectivity index (χ2v) is 3.82. The van der Waals surface area contributed by atoms with Crippen LogP contribution in [0.1, 0.15) is 17.5 Å². The van der Waals surface area contributed by atoms with E-state index in [0.717, 1.165) is 11.1 Å². The van der Waals surface area contributed by atoms with Gasteiger partial charge < -0.3 is 16.2 Å². The maximum Gasteiger partial charge on any atom is 0.237 e. The Bertz CT molecular complexity index is 374. The summed E-state index contributed by atoms with van der Waals surface area (Å²) in [5.74, 6) is -0.184. The van der Waals surface area contributed by atoms with E-state index in [1.165, 1.54) is 0 Å². The van der Waals surface area contributed by atoms with Gasteiger partial charge in [-0.2, -0.15) is 0 Å². The first-order valence-electron chi connectivity index (χ1n) is 5.50. The van der Waals surface area contributed by atoms with Gasteiger partial charge in [0.2, 0.25) is 5.91 Å². The molecule has 4 N–H and O–H groups in total.